The molecule has 0 saturated carbocycles. The zero-order chi connectivity index (χ0) is 19.7. The number of rotatable bonds is 4. The quantitative estimate of drug-likeness (QED) is 0.801. The summed E-state index contributed by atoms with van der Waals surface area (Å²) in [4.78, 5) is 40.5. The number of piperidine rings is 1. The highest BCUT2D eigenvalue weighted by Gasteiger charge is 2.38. The lowest BCUT2D eigenvalue weighted by Crippen LogP contribution is -2.37. The van der Waals surface area contributed by atoms with Crippen molar-refractivity contribution in [3.8, 4) is 0 Å². The van der Waals surface area contributed by atoms with Gasteiger partial charge in [-0.2, -0.15) is 0 Å². The summed E-state index contributed by atoms with van der Waals surface area (Å²) in [6, 6.07) is 12.3. The molecule has 2 aromatic carbocycles. The summed E-state index contributed by atoms with van der Waals surface area (Å²) in [5.74, 6) is -1.48. The molecule has 0 spiro atoms. The van der Waals surface area contributed by atoms with Crippen molar-refractivity contribution in [3.05, 3.63) is 58.6 Å². The number of halogens is 1. The minimum absolute atomic E-state index is 0.160. The first kappa shape index (κ1) is 18.5. The van der Waals surface area contributed by atoms with E-state index >= 15 is 0 Å². The molecule has 2 aliphatic heterocycles. The van der Waals surface area contributed by atoms with E-state index in [1.165, 1.54) is 19.3 Å². The van der Waals surface area contributed by atoms with Gasteiger partial charge in [-0.3, -0.25) is 19.3 Å². The Balaban J connectivity index is 1.40. The summed E-state index contributed by atoms with van der Waals surface area (Å²) in [5.41, 5.74) is 2.15. The highest BCUT2D eigenvalue weighted by molar-refractivity contribution is 6.37. The fourth-order valence-electron chi connectivity index (χ4n) is 3.69. The lowest BCUT2D eigenvalue weighted by molar-refractivity contribution is -0.116. The molecule has 0 aliphatic carbocycles. The van der Waals surface area contributed by atoms with E-state index in [2.05, 4.69) is 10.2 Å². The summed E-state index contributed by atoms with van der Waals surface area (Å²) < 4.78 is 0. The average Bonchev–Trinajstić information content (AvgIpc) is 2.95. The van der Waals surface area contributed by atoms with Crippen molar-refractivity contribution in [1.29, 1.82) is 0 Å². The van der Waals surface area contributed by atoms with Crippen LogP contribution < -0.4 is 10.2 Å². The van der Waals surface area contributed by atoms with E-state index in [1.54, 1.807) is 18.2 Å². The molecular weight excluding hydrogens is 378 g/mol. The van der Waals surface area contributed by atoms with Crippen LogP contribution in [0.25, 0.3) is 0 Å². The van der Waals surface area contributed by atoms with E-state index in [0.717, 1.165) is 23.7 Å². The van der Waals surface area contributed by atoms with Gasteiger partial charge < -0.3 is 10.2 Å². The van der Waals surface area contributed by atoms with Gasteiger partial charge in [0.1, 0.15) is 6.54 Å². The standard InChI is InChI=1S/C21H20ClN3O3/c22-17-6-4-5-16-19(17)21(28)25(20(16)27)13-18(26)23-14-7-9-15(10-8-14)24-11-2-1-3-12-24/h4-10H,1-3,11-13H2,(H,23,26). The van der Waals surface area contributed by atoms with Gasteiger partial charge in [0.15, 0.2) is 0 Å². The van der Waals surface area contributed by atoms with Crippen LogP contribution >= 0.6 is 11.6 Å². The largest absolute Gasteiger partial charge is 0.372 e. The van der Waals surface area contributed by atoms with Crippen LogP contribution in [0.2, 0.25) is 5.02 Å². The van der Waals surface area contributed by atoms with Gasteiger partial charge in [0.2, 0.25) is 5.91 Å². The zero-order valence-corrected chi connectivity index (χ0v) is 16.0. The summed E-state index contributed by atoms with van der Waals surface area (Å²) >= 11 is 6.04. The predicted octanol–water partition coefficient (Wildman–Crippen LogP) is 3.57. The van der Waals surface area contributed by atoms with Crippen molar-refractivity contribution in [1.82, 2.24) is 4.90 Å². The molecule has 0 aromatic heterocycles. The number of anilines is 2. The van der Waals surface area contributed by atoms with Crippen LogP contribution in [0.1, 0.15) is 40.0 Å². The second kappa shape index (κ2) is 7.64. The molecule has 4 rings (SSSR count). The third-order valence-corrected chi connectivity index (χ3v) is 5.44. The molecule has 3 amide bonds. The summed E-state index contributed by atoms with van der Waals surface area (Å²) in [7, 11) is 0. The molecule has 0 bridgehead atoms. The van der Waals surface area contributed by atoms with Crippen molar-refractivity contribution in [3.63, 3.8) is 0 Å². The molecule has 2 aromatic rings. The van der Waals surface area contributed by atoms with Crippen LogP contribution in [0.15, 0.2) is 42.5 Å². The van der Waals surface area contributed by atoms with Crippen LogP contribution in [0.3, 0.4) is 0 Å². The number of benzene rings is 2. The van der Waals surface area contributed by atoms with Crippen molar-refractivity contribution >= 4 is 40.7 Å². The number of fused-ring (bicyclic) bond motifs is 1. The van der Waals surface area contributed by atoms with E-state index in [1.807, 2.05) is 24.3 Å². The molecule has 144 valence electrons. The maximum Gasteiger partial charge on any atom is 0.263 e. The number of nitrogens with zero attached hydrogens (tertiary/aromatic N) is 2. The van der Waals surface area contributed by atoms with Gasteiger partial charge >= 0.3 is 0 Å². The lowest BCUT2D eigenvalue weighted by Gasteiger charge is -2.28. The van der Waals surface area contributed by atoms with Gasteiger partial charge in [0.25, 0.3) is 11.8 Å². The van der Waals surface area contributed by atoms with Crippen molar-refractivity contribution in [2.45, 2.75) is 19.3 Å². The number of imide groups is 1. The van der Waals surface area contributed by atoms with Crippen molar-refractivity contribution < 1.29 is 14.4 Å². The Labute approximate surface area is 168 Å². The van der Waals surface area contributed by atoms with Crippen LogP contribution in [-0.4, -0.2) is 42.3 Å². The number of nitrogens with one attached hydrogen (secondary N) is 1. The van der Waals surface area contributed by atoms with Gasteiger partial charge in [0.05, 0.1) is 16.1 Å². The third kappa shape index (κ3) is 3.47. The highest BCUT2D eigenvalue weighted by atomic mass is 35.5. The fraction of sp³-hybridized carbons (Fsp3) is 0.286. The Bertz CT molecular complexity index is 936. The Morgan fingerprint density at radius 1 is 0.964 bits per heavy atom. The molecular formula is C21H20ClN3O3. The van der Waals surface area contributed by atoms with E-state index in [0.29, 0.717) is 5.69 Å². The first-order chi connectivity index (χ1) is 13.5. The molecule has 2 aliphatic rings. The summed E-state index contributed by atoms with van der Waals surface area (Å²) in [5, 5.41) is 2.96. The van der Waals surface area contributed by atoms with Crippen molar-refractivity contribution in [2.24, 2.45) is 0 Å². The lowest BCUT2D eigenvalue weighted by atomic mass is 10.1. The highest BCUT2D eigenvalue weighted by Crippen LogP contribution is 2.29. The number of hydrogen-bond acceptors (Lipinski definition) is 4. The first-order valence-electron chi connectivity index (χ1n) is 9.34. The molecule has 28 heavy (non-hydrogen) atoms. The van der Waals surface area contributed by atoms with Crippen LogP contribution in [0, 0.1) is 0 Å². The molecule has 1 saturated heterocycles. The van der Waals surface area contributed by atoms with Gasteiger partial charge in [-0.15, -0.1) is 0 Å². The molecule has 2 heterocycles. The van der Waals surface area contributed by atoms with E-state index in [9.17, 15) is 14.4 Å². The third-order valence-electron chi connectivity index (χ3n) is 5.12. The Hall–Kier alpha value is -2.86. The van der Waals surface area contributed by atoms with Gasteiger partial charge in [-0.25, -0.2) is 0 Å². The second-order valence-electron chi connectivity index (χ2n) is 7.00. The van der Waals surface area contributed by atoms with Gasteiger partial charge in [-0.1, -0.05) is 17.7 Å². The van der Waals surface area contributed by atoms with E-state index in [4.69, 9.17) is 11.6 Å². The number of carbonyl (C=O) groups is 3. The Morgan fingerprint density at radius 2 is 1.68 bits per heavy atom. The maximum atomic E-state index is 12.5. The Morgan fingerprint density at radius 3 is 2.36 bits per heavy atom. The maximum absolute atomic E-state index is 12.5. The smallest absolute Gasteiger partial charge is 0.263 e. The van der Waals surface area contributed by atoms with Crippen LogP contribution in [-0.2, 0) is 4.79 Å². The van der Waals surface area contributed by atoms with E-state index < -0.39 is 17.7 Å². The average molecular weight is 398 g/mol. The fourth-order valence-corrected chi connectivity index (χ4v) is 3.94. The molecule has 0 unspecified atom stereocenters. The zero-order valence-electron chi connectivity index (χ0n) is 15.3. The minimum atomic E-state index is -0.541. The van der Waals surface area contributed by atoms with Crippen molar-refractivity contribution in [2.75, 3.05) is 29.9 Å². The van der Waals surface area contributed by atoms with Crippen LogP contribution in [0.4, 0.5) is 11.4 Å². The SMILES string of the molecule is O=C(CN1C(=O)c2cccc(Cl)c2C1=O)Nc1ccc(N2CCCCC2)cc1. The van der Waals surface area contributed by atoms with Gasteiger partial charge in [-0.05, 0) is 55.7 Å². The minimum Gasteiger partial charge on any atom is -0.372 e. The molecule has 7 heteroatoms. The predicted molar refractivity (Wildman–Crippen MR) is 108 cm³/mol. The van der Waals surface area contributed by atoms with E-state index in [-0.39, 0.29) is 22.7 Å². The first-order valence-corrected chi connectivity index (χ1v) is 9.72. The number of amides is 3. The number of hydrogen-bond donors (Lipinski definition) is 1. The molecule has 0 atom stereocenters. The normalized spacial score (nSPS) is 16.3. The Kier molecular flexibility index (Phi) is 5.05. The molecule has 0 radical (unpaired) electrons. The van der Waals surface area contributed by atoms with Gasteiger partial charge in [0, 0.05) is 24.5 Å². The molecule has 6 nitrogen and oxygen atoms in total. The summed E-state index contributed by atoms with van der Waals surface area (Å²) in [6.45, 7) is 1.75. The van der Waals surface area contributed by atoms with Crippen LogP contribution in [0.5, 0.6) is 0 Å². The summed E-state index contributed by atoms with van der Waals surface area (Å²) in [6.07, 6.45) is 3.67. The number of carbonyl (C=O) groups excluding carboxylic acids is 3. The monoisotopic (exact) mass is 397 g/mol. The second-order valence-corrected chi connectivity index (χ2v) is 7.41. The molecule has 1 N–H and O–H groups in total. The topological polar surface area (TPSA) is 69.7 Å². The molecule has 1 fully saturated rings.